The number of benzene rings is 3. The quantitative estimate of drug-likeness (QED) is 0.267. The first kappa shape index (κ1) is 24.6. The van der Waals surface area contributed by atoms with Gasteiger partial charge in [-0.05, 0) is 55.2 Å². The van der Waals surface area contributed by atoms with Crippen LogP contribution in [0.5, 0.6) is 0 Å². The second-order valence-electron chi connectivity index (χ2n) is 8.68. The number of carboxylic acids is 1. The number of halogens is 1. The third-order valence-electron chi connectivity index (χ3n) is 6.31. The van der Waals surface area contributed by atoms with Gasteiger partial charge in [-0.15, -0.1) is 0 Å². The average Bonchev–Trinajstić information content (AvgIpc) is 2.84. The van der Waals surface area contributed by atoms with Crippen molar-refractivity contribution in [3.63, 3.8) is 0 Å². The van der Waals surface area contributed by atoms with Gasteiger partial charge in [-0.2, -0.15) is 0 Å². The average molecular weight is 531 g/mol. The van der Waals surface area contributed by atoms with Crippen LogP contribution in [0.15, 0.2) is 77.3 Å². The van der Waals surface area contributed by atoms with E-state index in [9.17, 15) is 14.7 Å². The van der Waals surface area contributed by atoms with Crippen molar-refractivity contribution in [2.45, 2.75) is 32.6 Å². The van der Waals surface area contributed by atoms with Crippen molar-refractivity contribution >= 4 is 38.7 Å². The predicted molar refractivity (Wildman–Crippen MR) is 143 cm³/mol. The molecule has 0 aliphatic rings. The van der Waals surface area contributed by atoms with Gasteiger partial charge in [0.25, 0.3) is 5.91 Å². The fourth-order valence-electron chi connectivity index (χ4n) is 4.51. The molecular weight excluding hydrogens is 504 g/mol. The zero-order valence-corrected chi connectivity index (χ0v) is 21.3. The fourth-order valence-corrected chi connectivity index (χ4v) is 4.88. The highest BCUT2D eigenvalue weighted by Crippen LogP contribution is 2.31. The molecule has 178 valence electrons. The molecule has 0 saturated carbocycles. The third kappa shape index (κ3) is 5.60. The van der Waals surface area contributed by atoms with Crippen LogP contribution in [0.1, 0.15) is 45.8 Å². The Labute approximate surface area is 213 Å². The molecule has 1 amide bonds. The number of carbonyl (C=O) groups excluding carboxylic acids is 1. The molecule has 1 aromatic heterocycles. The van der Waals surface area contributed by atoms with Crippen LogP contribution in [0.2, 0.25) is 0 Å². The first-order valence-electron chi connectivity index (χ1n) is 11.6. The van der Waals surface area contributed by atoms with Gasteiger partial charge in [0.05, 0.1) is 16.8 Å². The van der Waals surface area contributed by atoms with E-state index in [4.69, 9.17) is 4.98 Å². The van der Waals surface area contributed by atoms with Crippen LogP contribution in [0.4, 0.5) is 0 Å². The van der Waals surface area contributed by atoms with Crippen LogP contribution in [0.25, 0.3) is 22.2 Å². The maximum Gasteiger partial charge on any atom is 0.303 e. The second-order valence-corrected chi connectivity index (χ2v) is 9.60. The molecule has 1 atom stereocenters. The lowest BCUT2D eigenvalue weighted by molar-refractivity contribution is -0.137. The van der Waals surface area contributed by atoms with Crippen LogP contribution in [-0.2, 0) is 4.79 Å². The topological polar surface area (TPSA) is 79.3 Å². The molecule has 0 aliphatic heterocycles. The largest absolute Gasteiger partial charge is 0.481 e. The summed E-state index contributed by atoms with van der Waals surface area (Å²) in [6, 6.07) is 23.5. The van der Waals surface area contributed by atoms with E-state index in [1.807, 2.05) is 86.6 Å². The maximum absolute atomic E-state index is 13.7. The monoisotopic (exact) mass is 530 g/mol. The Morgan fingerprint density at radius 3 is 2.43 bits per heavy atom. The van der Waals surface area contributed by atoms with Gasteiger partial charge < -0.3 is 10.4 Å². The molecule has 0 spiro atoms. The number of nitrogens with zero attached hydrogens (tertiary/aromatic N) is 1. The summed E-state index contributed by atoms with van der Waals surface area (Å²) in [6.45, 7) is 4.28. The van der Waals surface area contributed by atoms with Crippen molar-refractivity contribution in [1.29, 1.82) is 0 Å². The van der Waals surface area contributed by atoms with Gasteiger partial charge in [0.2, 0.25) is 0 Å². The molecule has 3 aromatic carbocycles. The lowest BCUT2D eigenvalue weighted by atomic mass is 9.90. The molecule has 1 heterocycles. The lowest BCUT2D eigenvalue weighted by Crippen LogP contribution is -2.30. The van der Waals surface area contributed by atoms with E-state index in [1.165, 1.54) is 0 Å². The molecule has 2 N–H and O–H groups in total. The van der Waals surface area contributed by atoms with Crippen LogP contribution in [0.3, 0.4) is 0 Å². The first-order chi connectivity index (χ1) is 16.8. The number of pyridine rings is 1. The zero-order valence-electron chi connectivity index (χ0n) is 19.7. The van der Waals surface area contributed by atoms with Gasteiger partial charge in [0.1, 0.15) is 0 Å². The number of amides is 1. The minimum Gasteiger partial charge on any atom is -0.481 e. The van der Waals surface area contributed by atoms with Crippen molar-refractivity contribution in [3.8, 4) is 11.3 Å². The number of rotatable bonds is 8. The van der Waals surface area contributed by atoms with Gasteiger partial charge in [0.15, 0.2) is 0 Å². The second kappa shape index (κ2) is 10.8. The van der Waals surface area contributed by atoms with Crippen LogP contribution >= 0.6 is 15.9 Å². The molecule has 4 rings (SSSR count). The zero-order chi connectivity index (χ0) is 24.9. The highest BCUT2D eigenvalue weighted by atomic mass is 79.9. The number of aromatic nitrogens is 1. The minimum absolute atomic E-state index is 0.0389. The van der Waals surface area contributed by atoms with E-state index in [1.54, 1.807) is 0 Å². The van der Waals surface area contributed by atoms with Crippen LogP contribution < -0.4 is 5.32 Å². The Balaban J connectivity index is 1.71. The summed E-state index contributed by atoms with van der Waals surface area (Å²) < 4.78 is 0.868. The Morgan fingerprint density at radius 1 is 1.00 bits per heavy atom. The van der Waals surface area contributed by atoms with E-state index in [0.29, 0.717) is 18.5 Å². The Kier molecular flexibility index (Phi) is 7.61. The molecular formula is C29H27BrN2O3. The Morgan fingerprint density at radius 2 is 1.71 bits per heavy atom. The summed E-state index contributed by atoms with van der Waals surface area (Å²) in [5.74, 6) is -1.15. The third-order valence-corrected chi connectivity index (χ3v) is 6.80. The van der Waals surface area contributed by atoms with E-state index in [-0.39, 0.29) is 18.2 Å². The van der Waals surface area contributed by atoms with E-state index < -0.39 is 5.97 Å². The van der Waals surface area contributed by atoms with E-state index in [2.05, 4.69) is 21.2 Å². The number of aliphatic carboxylic acids is 1. The molecule has 0 aliphatic carbocycles. The molecule has 0 fully saturated rings. The van der Waals surface area contributed by atoms with Crippen molar-refractivity contribution in [2.24, 2.45) is 0 Å². The molecule has 1 unspecified atom stereocenters. The van der Waals surface area contributed by atoms with Gasteiger partial charge in [-0.25, -0.2) is 4.98 Å². The maximum atomic E-state index is 13.7. The molecule has 6 heteroatoms. The summed E-state index contributed by atoms with van der Waals surface area (Å²) in [7, 11) is 0. The Hall–Kier alpha value is -3.51. The van der Waals surface area contributed by atoms with Gasteiger partial charge >= 0.3 is 5.97 Å². The fraction of sp³-hybridized carbons (Fsp3) is 0.207. The molecule has 35 heavy (non-hydrogen) atoms. The number of carbonyl (C=O) groups is 2. The first-order valence-corrected chi connectivity index (χ1v) is 12.3. The molecule has 0 radical (unpaired) electrons. The lowest BCUT2D eigenvalue weighted by Gasteiger charge is -2.21. The van der Waals surface area contributed by atoms with Crippen LogP contribution in [-0.4, -0.2) is 28.5 Å². The molecule has 0 bridgehead atoms. The van der Waals surface area contributed by atoms with Crippen molar-refractivity contribution in [3.05, 3.63) is 99.5 Å². The normalized spacial score (nSPS) is 11.9. The van der Waals surface area contributed by atoms with Gasteiger partial charge in [-0.1, -0.05) is 70.5 Å². The van der Waals surface area contributed by atoms with Gasteiger partial charge in [0, 0.05) is 34.3 Å². The highest BCUT2D eigenvalue weighted by Gasteiger charge is 2.22. The smallest absolute Gasteiger partial charge is 0.303 e. The molecule has 4 aromatic rings. The number of aryl methyl sites for hydroxylation is 1. The highest BCUT2D eigenvalue weighted by molar-refractivity contribution is 9.10. The van der Waals surface area contributed by atoms with Crippen molar-refractivity contribution in [1.82, 2.24) is 10.3 Å². The minimum atomic E-state index is -0.844. The van der Waals surface area contributed by atoms with Crippen LogP contribution in [0, 0.1) is 13.8 Å². The summed E-state index contributed by atoms with van der Waals surface area (Å²) in [5.41, 5.74) is 5.98. The molecule has 0 saturated heterocycles. The number of carboxylic acid groups (broad SMARTS) is 1. The number of hydrogen-bond donors (Lipinski definition) is 2. The van der Waals surface area contributed by atoms with E-state index >= 15 is 0 Å². The number of hydrogen-bond acceptors (Lipinski definition) is 3. The number of nitrogens with one attached hydrogen (secondary N) is 1. The van der Waals surface area contributed by atoms with E-state index in [0.717, 1.165) is 43.3 Å². The summed E-state index contributed by atoms with van der Waals surface area (Å²) in [5, 5.41) is 13.1. The summed E-state index contributed by atoms with van der Waals surface area (Å²) >= 11 is 3.52. The predicted octanol–water partition coefficient (Wildman–Crippen LogP) is 6.66. The SMILES string of the molecule is Cc1ccccc1C(CCC(=O)O)CNC(=O)c1c(C)c(-c2ccccc2)nc2ccc(Br)cc12. The standard InChI is InChI=1S/C29H27BrN2O3/c1-18-8-6-7-11-23(18)21(12-15-26(33)34)17-31-29(35)27-19(2)28(20-9-4-3-5-10-20)32-25-14-13-22(30)16-24(25)27/h3-11,13-14,16,21H,12,15,17H2,1-2H3,(H,31,35)(H,33,34). The van der Waals surface area contributed by atoms with Gasteiger partial charge in [-0.3, -0.25) is 9.59 Å². The summed E-state index contributed by atoms with van der Waals surface area (Å²) in [6.07, 6.45) is 0.481. The van der Waals surface area contributed by atoms with Crippen molar-refractivity contribution < 1.29 is 14.7 Å². The molecule has 5 nitrogen and oxygen atoms in total. The number of fused-ring (bicyclic) bond motifs is 1. The summed E-state index contributed by atoms with van der Waals surface area (Å²) in [4.78, 5) is 29.8. The Bertz CT molecular complexity index is 1390. The van der Waals surface area contributed by atoms with Crippen molar-refractivity contribution in [2.75, 3.05) is 6.54 Å².